The van der Waals surface area contributed by atoms with Crippen LogP contribution < -0.4 is 5.73 Å². The van der Waals surface area contributed by atoms with Crippen LogP contribution in [0.25, 0.3) is 0 Å². The largest absolute Gasteiger partial charge is 0.466 e. The van der Waals surface area contributed by atoms with E-state index in [2.05, 4.69) is 4.98 Å². The summed E-state index contributed by atoms with van der Waals surface area (Å²) in [7, 11) is 0. The lowest BCUT2D eigenvalue weighted by molar-refractivity contribution is -0.149. The number of pyridine rings is 1. The van der Waals surface area contributed by atoms with Crippen molar-refractivity contribution in [3.05, 3.63) is 24.0 Å². The third-order valence-corrected chi connectivity index (χ3v) is 3.41. The second kappa shape index (κ2) is 6.36. The molecule has 1 fully saturated rings. The molecule has 6 nitrogen and oxygen atoms in total. The van der Waals surface area contributed by atoms with Gasteiger partial charge >= 0.3 is 5.97 Å². The van der Waals surface area contributed by atoms with Gasteiger partial charge in [-0.2, -0.15) is 0 Å². The van der Waals surface area contributed by atoms with Crippen LogP contribution >= 0.6 is 0 Å². The van der Waals surface area contributed by atoms with Crippen LogP contribution in [0.15, 0.2) is 18.5 Å². The number of piperidine rings is 1. The van der Waals surface area contributed by atoms with E-state index >= 15 is 0 Å². The van der Waals surface area contributed by atoms with Crippen molar-refractivity contribution in [2.24, 2.45) is 5.92 Å². The Morgan fingerprint density at radius 1 is 1.40 bits per heavy atom. The maximum atomic E-state index is 12.3. The molecule has 0 saturated carbocycles. The van der Waals surface area contributed by atoms with E-state index in [-0.39, 0.29) is 17.8 Å². The molecular weight excluding hydrogens is 258 g/mol. The van der Waals surface area contributed by atoms with Gasteiger partial charge in [-0.1, -0.05) is 0 Å². The number of likely N-dealkylation sites (tertiary alicyclic amines) is 1. The second-order valence-electron chi connectivity index (χ2n) is 4.83. The maximum Gasteiger partial charge on any atom is 0.309 e. The molecule has 0 unspecified atom stereocenters. The van der Waals surface area contributed by atoms with Gasteiger partial charge in [0.1, 0.15) is 0 Å². The van der Waals surface area contributed by atoms with E-state index in [0.717, 1.165) is 0 Å². The molecule has 6 heteroatoms. The van der Waals surface area contributed by atoms with Crippen molar-refractivity contribution >= 4 is 17.6 Å². The molecule has 1 aromatic heterocycles. The van der Waals surface area contributed by atoms with Crippen LogP contribution in [-0.2, 0) is 9.53 Å². The molecule has 0 bridgehead atoms. The lowest BCUT2D eigenvalue weighted by Crippen LogP contribution is -2.40. The molecule has 108 valence electrons. The fraction of sp³-hybridized carbons (Fsp3) is 0.500. The standard InChI is InChI=1S/C14H19N3O3/c1-2-20-14(19)10-3-5-17(6-4-10)13(18)11-7-12(15)9-16-8-11/h7-10H,2-6,15H2,1H3. The number of nitrogens with two attached hydrogens (primary N) is 1. The highest BCUT2D eigenvalue weighted by atomic mass is 16.5. The molecule has 1 aromatic rings. The highest BCUT2D eigenvalue weighted by Crippen LogP contribution is 2.20. The van der Waals surface area contributed by atoms with Crippen molar-refractivity contribution in [3.63, 3.8) is 0 Å². The highest BCUT2D eigenvalue weighted by Gasteiger charge is 2.28. The summed E-state index contributed by atoms with van der Waals surface area (Å²) in [5.41, 5.74) is 6.58. The van der Waals surface area contributed by atoms with Crippen LogP contribution in [0, 0.1) is 5.92 Å². The number of esters is 1. The van der Waals surface area contributed by atoms with Crippen LogP contribution in [0.2, 0.25) is 0 Å². The molecule has 0 aliphatic carbocycles. The molecule has 20 heavy (non-hydrogen) atoms. The van der Waals surface area contributed by atoms with E-state index in [9.17, 15) is 9.59 Å². The second-order valence-corrected chi connectivity index (χ2v) is 4.83. The lowest BCUT2D eigenvalue weighted by Gasteiger charge is -2.30. The number of nitrogen functional groups attached to an aromatic ring is 1. The van der Waals surface area contributed by atoms with Gasteiger partial charge in [0.2, 0.25) is 0 Å². The first-order valence-electron chi connectivity index (χ1n) is 6.78. The van der Waals surface area contributed by atoms with Gasteiger partial charge in [-0.05, 0) is 25.8 Å². The average molecular weight is 277 g/mol. The van der Waals surface area contributed by atoms with E-state index in [4.69, 9.17) is 10.5 Å². The monoisotopic (exact) mass is 277 g/mol. The molecule has 1 amide bonds. The minimum Gasteiger partial charge on any atom is -0.466 e. The topological polar surface area (TPSA) is 85.5 Å². The number of carbonyl (C=O) groups is 2. The summed E-state index contributed by atoms with van der Waals surface area (Å²) < 4.78 is 5.01. The summed E-state index contributed by atoms with van der Waals surface area (Å²) in [4.78, 5) is 29.6. The summed E-state index contributed by atoms with van der Waals surface area (Å²) in [5, 5.41) is 0. The lowest BCUT2D eigenvalue weighted by atomic mass is 9.96. The molecule has 0 aromatic carbocycles. The average Bonchev–Trinajstić information content (AvgIpc) is 2.47. The first-order valence-corrected chi connectivity index (χ1v) is 6.78. The molecule has 2 rings (SSSR count). The smallest absolute Gasteiger partial charge is 0.309 e. The van der Waals surface area contributed by atoms with Crippen molar-refractivity contribution in [2.75, 3.05) is 25.4 Å². The number of anilines is 1. The summed E-state index contributed by atoms with van der Waals surface area (Å²) in [6.07, 6.45) is 4.29. The summed E-state index contributed by atoms with van der Waals surface area (Å²) in [6, 6.07) is 1.62. The molecule has 1 saturated heterocycles. The van der Waals surface area contributed by atoms with Crippen molar-refractivity contribution < 1.29 is 14.3 Å². The Morgan fingerprint density at radius 2 is 2.10 bits per heavy atom. The number of carbonyl (C=O) groups excluding carboxylic acids is 2. The minimum atomic E-state index is -0.162. The summed E-state index contributed by atoms with van der Waals surface area (Å²) >= 11 is 0. The summed E-state index contributed by atoms with van der Waals surface area (Å²) in [5.74, 6) is -0.352. The van der Waals surface area contributed by atoms with Crippen molar-refractivity contribution in [3.8, 4) is 0 Å². The van der Waals surface area contributed by atoms with Crippen LogP contribution in [0.5, 0.6) is 0 Å². The van der Waals surface area contributed by atoms with Crippen molar-refractivity contribution in [1.29, 1.82) is 0 Å². The van der Waals surface area contributed by atoms with Crippen molar-refractivity contribution in [1.82, 2.24) is 9.88 Å². The van der Waals surface area contributed by atoms with E-state index in [1.807, 2.05) is 0 Å². The van der Waals surface area contributed by atoms with Gasteiger partial charge in [0.15, 0.2) is 0 Å². The fourth-order valence-corrected chi connectivity index (χ4v) is 2.34. The van der Waals surface area contributed by atoms with Gasteiger partial charge in [-0.15, -0.1) is 0 Å². The number of nitrogens with zero attached hydrogens (tertiary/aromatic N) is 2. The highest BCUT2D eigenvalue weighted by molar-refractivity contribution is 5.94. The number of rotatable bonds is 3. The molecule has 2 heterocycles. The van der Waals surface area contributed by atoms with Crippen LogP contribution in [0.3, 0.4) is 0 Å². The molecular formula is C14H19N3O3. The zero-order valence-corrected chi connectivity index (χ0v) is 11.5. The Balaban J connectivity index is 1.93. The summed E-state index contributed by atoms with van der Waals surface area (Å²) in [6.45, 7) is 3.30. The Labute approximate surface area is 117 Å². The van der Waals surface area contributed by atoms with Crippen LogP contribution in [0.1, 0.15) is 30.1 Å². The number of amides is 1. The zero-order valence-electron chi connectivity index (χ0n) is 11.5. The third-order valence-electron chi connectivity index (χ3n) is 3.41. The van der Waals surface area contributed by atoms with E-state index in [1.54, 1.807) is 17.9 Å². The SMILES string of the molecule is CCOC(=O)C1CCN(C(=O)c2cncc(N)c2)CC1. The number of ether oxygens (including phenoxy) is 1. The van der Waals surface area contributed by atoms with Gasteiger partial charge < -0.3 is 15.4 Å². The van der Waals surface area contributed by atoms with Gasteiger partial charge in [-0.25, -0.2) is 0 Å². The van der Waals surface area contributed by atoms with E-state index in [0.29, 0.717) is 43.8 Å². The quantitative estimate of drug-likeness (QED) is 0.835. The Morgan fingerprint density at radius 3 is 2.70 bits per heavy atom. The van der Waals surface area contributed by atoms with Gasteiger partial charge in [0, 0.05) is 25.5 Å². The first-order chi connectivity index (χ1) is 9.61. The molecule has 0 atom stereocenters. The van der Waals surface area contributed by atoms with E-state index in [1.165, 1.54) is 12.4 Å². The van der Waals surface area contributed by atoms with Gasteiger partial charge in [-0.3, -0.25) is 14.6 Å². The van der Waals surface area contributed by atoms with Gasteiger partial charge in [0.05, 0.1) is 23.8 Å². The number of aromatic nitrogens is 1. The molecule has 0 spiro atoms. The first kappa shape index (κ1) is 14.3. The Hall–Kier alpha value is -2.11. The zero-order chi connectivity index (χ0) is 14.5. The predicted octanol–water partition coefficient (Wildman–Crippen LogP) is 1.08. The number of hydrogen-bond donors (Lipinski definition) is 1. The van der Waals surface area contributed by atoms with Gasteiger partial charge in [0.25, 0.3) is 5.91 Å². The normalized spacial score (nSPS) is 15.9. The predicted molar refractivity (Wildman–Crippen MR) is 73.9 cm³/mol. The number of hydrogen-bond acceptors (Lipinski definition) is 5. The molecule has 0 radical (unpaired) electrons. The van der Waals surface area contributed by atoms with Crippen LogP contribution in [-0.4, -0.2) is 41.5 Å². The van der Waals surface area contributed by atoms with Crippen molar-refractivity contribution in [2.45, 2.75) is 19.8 Å². The molecule has 1 aliphatic heterocycles. The Kier molecular flexibility index (Phi) is 4.55. The van der Waals surface area contributed by atoms with Crippen LogP contribution in [0.4, 0.5) is 5.69 Å². The molecule has 1 aliphatic rings. The Bertz CT molecular complexity index is 496. The molecule has 2 N–H and O–H groups in total. The third kappa shape index (κ3) is 3.26. The fourth-order valence-electron chi connectivity index (χ4n) is 2.34. The maximum absolute atomic E-state index is 12.3. The van der Waals surface area contributed by atoms with E-state index < -0.39 is 0 Å². The minimum absolute atomic E-state index is 0.0906.